The number of methoxy groups -OCH3 is 1. The number of imidazole rings is 1. The van der Waals surface area contributed by atoms with Crippen LogP contribution in [0.2, 0.25) is 0 Å². The number of aliphatic imine (C=N–C) groups is 1. The minimum atomic E-state index is -0.606. The lowest BCUT2D eigenvalue weighted by Crippen LogP contribution is -2.16. The number of rotatable bonds is 6. The molecule has 0 saturated carbocycles. The first-order valence-corrected chi connectivity index (χ1v) is 11.7. The van der Waals surface area contributed by atoms with Crippen molar-refractivity contribution in [2.24, 2.45) is 4.99 Å². The summed E-state index contributed by atoms with van der Waals surface area (Å²) >= 11 is 7.21. The number of benzene rings is 1. The highest BCUT2D eigenvalue weighted by molar-refractivity contribution is 9.13. The van der Waals surface area contributed by atoms with Crippen LogP contribution in [0, 0.1) is 6.92 Å². The number of aryl methyl sites for hydroxylation is 1. The van der Waals surface area contributed by atoms with E-state index in [9.17, 15) is 9.59 Å². The van der Waals surface area contributed by atoms with Crippen molar-refractivity contribution in [3.63, 3.8) is 0 Å². The largest absolute Gasteiger partial charge is 0.466 e. The lowest BCUT2D eigenvalue weighted by molar-refractivity contribution is -0.157. The van der Waals surface area contributed by atoms with E-state index in [1.807, 2.05) is 37.3 Å². The third-order valence-corrected chi connectivity index (χ3v) is 7.04. The molecule has 0 aliphatic carbocycles. The number of carbonyl (C=O) groups is 2. The molecule has 1 aromatic carbocycles. The lowest BCUT2D eigenvalue weighted by atomic mass is 10.0. The molecule has 0 fully saturated rings. The Balaban J connectivity index is 1.77. The van der Waals surface area contributed by atoms with Crippen molar-refractivity contribution in [3.8, 4) is 5.69 Å². The average Bonchev–Trinajstić information content (AvgIpc) is 3.14. The highest BCUT2D eigenvalue weighted by atomic mass is 79.9. The summed E-state index contributed by atoms with van der Waals surface area (Å²) in [5.41, 5.74) is 4.17. The van der Waals surface area contributed by atoms with Gasteiger partial charge in [-0.15, -0.1) is 0 Å². The first-order chi connectivity index (χ1) is 15.9. The zero-order valence-electron chi connectivity index (χ0n) is 17.9. The van der Waals surface area contributed by atoms with Crippen molar-refractivity contribution in [1.82, 2.24) is 14.5 Å². The van der Waals surface area contributed by atoms with E-state index < -0.39 is 24.6 Å². The molecule has 170 valence electrons. The van der Waals surface area contributed by atoms with E-state index in [0.29, 0.717) is 12.1 Å². The summed E-state index contributed by atoms with van der Waals surface area (Å²) < 4.78 is 13.3. The minimum absolute atomic E-state index is 0.0658. The minimum Gasteiger partial charge on any atom is -0.466 e. The Morgan fingerprint density at radius 3 is 2.64 bits per heavy atom. The number of hydrogen-bond acceptors (Lipinski definition) is 7. The Morgan fingerprint density at radius 1 is 1.12 bits per heavy atom. The van der Waals surface area contributed by atoms with Crippen LogP contribution in [0.3, 0.4) is 0 Å². The van der Waals surface area contributed by atoms with Crippen molar-refractivity contribution >= 4 is 49.5 Å². The van der Waals surface area contributed by atoms with Gasteiger partial charge in [-0.3, -0.25) is 19.3 Å². The van der Waals surface area contributed by atoms with E-state index in [1.165, 1.54) is 7.11 Å². The fourth-order valence-electron chi connectivity index (χ4n) is 3.62. The highest BCUT2D eigenvalue weighted by Crippen LogP contribution is 2.37. The molecule has 2 aromatic heterocycles. The van der Waals surface area contributed by atoms with Gasteiger partial charge in [-0.2, -0.15) is 0 Å². The van der Waals surface area contributed by atoms with Crippen molar-refractivity contribution in [1.29, 1.82) is 0 Å². The van der Waals surface area contributed by atoms with Crippen LogP contribution >= 0.6 is 31.9 Å². The zero-order valence-corrected chi connectivity index (χ0v) is 21.1. The number of carbonyl (C=O) groups excluding carboxylic acids is 2. The number of fused-ring (bicyclic) bond motifs is 3. The molecule has 1 aliphatic rings. The maximum Gasteiger partial charge on any atom is 0.344 e. The summed E-state index contributed by atoms with van der Waals surface area (Å²) in [6.45, 7) is 1.56. The molecule has 0 spiro atoms. The molecule has 0 unspecified atom stereocenters. The van der Waals surface area contributed by atoms with E-state index in [2.05, 4.69) is 51.1 Å². The van der Waals surface area contributed by atoms with Gasteiger partial charge in [0.05, 0.1) is 24.2 Å². The van der Waals surface area contributed by atoms with Gasteiger partial charge in [-0.1, -0.05) is 6.07 Å². The summed E-state index contributed by atoms with van der Waals surface area (Å²) in [7, 11) is 1.24. The Morgan fingerprint density at radius 2 is 1.91 bits per heavy atom. The summed E-state index contributed by atoms with van der Waals surface area (Å²) in [6, 6.07) is 9.26. The molecular weight excluding hydrogens is 556 g/mol. The molecule has 10 heteroatoms. The van der Waals surface area contributed by atoms with Gasteiger partial charge >= 0.3 is 11.9 Å². The third kappa shape index (κ3) is 4.91. The van der Waals surface area contributed by atoms with E-state index in [0.717, 1.165) is 37.4 Å². The molecule has 0 N–H and O–H groups in total. The third-order valence-electron chi connectivity index (χ3n) is 5.19. The van der Waals surface area contributed by atoms with Gasteiger partial charge in [0.2, 0.25) is 0 Å². The van der Waals surface area contributed by atoms with Crippen LogP contribution in [0.5, 0.6) is 0 Å². The molecule has 33 heavy (non-hydrogen) atoms. The first-order valence-electron chi connectivity index (χ1n) is 10.1. The molecule has 0 bridgehead atoms. The smallest absolute Gasteiger partial charge is 0.344 e. The fourth-order valence-corrected chi connectivity index (χ4v) is 4.30. The van der Waals surface area contributed by atoms with Crippen LogP contribution in [-0.2, 0) is 19.1 Å². The van der Waals surface area contributed by atoms with E-state index in [4.69, 9.17) is 9.73 Å². The molecule has 3 aromatic rings. The molecule has 1 atom stereocenters. The van der Waals surface area contributed by atoms with Gasteiger partial charge in [0.25, 0.3) is 0 Å². The van der Waals surface area contributed by atoms with Crippen LogP contribution in [0.15, 0.2) is 56.7 Å². The second kappa shape index (κ2) is 9.96. The summed E-state index contributed by atoms with van der Waals surface area (Å²) in [6.07, 6.45) is 3.93. The molecule has 4 rings (SSSR count). The van der Waals surface area contributed by atoms with Crippen LogP contribution in [0.1, 0.15) is 41.7 Å². The first kappa shape index (κ1) is 23.3. The Labute approximate surface area is 207 Å². The Bertz CT molecular complexity index is 1240. The van der Waals surface area contributed by atoms with Gasteiger partial charge in [-0.25, -0.2) is 9.78 Å². The lowest BCUT2D eigenvalue weighted by Gasteiger charge is -2.15. The monoisotopic (exact) mass is 574 g/mol. The second-order valence-electron chi connectivity index (χ2n) is 7.36. The molecule has 1 aliphatic heterocycles. The van der Waals surface area contributed by atoms with Gasteiger partial charge in [0, 0.05) is 39.0 Å². The van der Waals surface area contributed by atoms with E-state index in [1.54, 1.807) is 12.4 Å². The normalized spacial score (nSPS) is 14.5. The number of hydrogen-bond donors (Lipinski definition) is 0. The highest BCUT2D eigenvalue weighted by Gasteiger charge is 2.29. The zero-order chi connectivity index (χ0) is 23.5. The number of esters is 2. The molecule has 0 amide bonds. The predicted molar refractivity (Wildman–Crippen MR) is 129 cm³/mol. The maximum atomic E-state index is 12.2. The van der Waals surface area contributed by atoms with Gasteiger partial charge in [-0.05, 0) is 69.5 Å². The number of nitrogens with zero attached hydrogens (tertiary/aromatic N) is 4. The molecular formula is C23H20Br2N4O4. The van der Waals surface area contributed by atoms with Crippen molar-refractivity contribution in [2.45, 2.75) is 25.8 Å². The summed E-state index contributed by atoms with van der Waals surface area (Å²) in [5, 5.41) is 0. The van der Waals surface area contributed by atoms with Crippen molar-refractivity contribution in [3.05, 3.63) is 74.4 Å². The fraction of sp³-hybridized carbons (Fsp3) is 0.261. The number of ether oxygens (including phenoxy) is 2. The predicted octanol–water partition coefficient (Wildman–Crippen LogP) is 4.49. The van der Waals surface area contributed by atoms with Crippen LogP contribution in [0.25, 0.3) is 5.69 Å². The second-order valence-corrected chi connectivity index (χ2v) is 9.07. The quantitative estimate of drug-likeness (QED) is 0.402. The Kier molecular flexibility index (Phi) is 7.04. The van der Waals surface area contributed by atoms with Crippen molar-refractivity contribution in [2.75, 3.05) is 13.7 Å². The van der Waals surface area contributed by atoms with Gasteiger partial charge in [0.1, 0.15) is 11.9 Å². The number of pyridine rings is 1. The summed E-state index contributed by atoms with van der Waals surface area (Å²) in [4.78, 5) is 37.7. The number of halogens is 2. The van der Waals surface area contributed by atoms with E-state index in [-0.39, 0.29) is 6.42 Å². The Hall–Kier alpha value is -2.85. The standard InChI is InChI=1S/C23H20Br2N4O4/c1-13-11-27-23-18(6-7-20(30)33-12-21(31)32-2)28-22(17-5-3-4-8-26-17)14-9-15(24)16(25)10-19(14)29(13)23/h3-5,8-11,18H,6-7,12H2,1-2H3/t18-/m0/s1. The van der Waals surface area contributed by atoms with E-state index >= 15 is 0 Å². The molecule has 0 radical (unpaired) electrons. The topological polar surface area (TPSA) is 95.7 Å². The molecule has 3 heterocycles. The van der Waals surface area contributed by atoms with Crippen LogP contribution < -0.4 is 0 Å². The van der Waals surface area contributed by atoms with Crippen LogP contribution in [-0.4, -0.2) is 45.9 Å². The van der Waals surface area contributed by atoms with Crippen molar-refractivity contribution < 1.29 is 19.1 Å². The average molecular weight is 576 g/mol. The molecule has 8 nitrogen and oxygen atoms in total. The number of aromatic nitrogens is 3. The van der Waals surface area contributed by atoms with Gasteiger partial charge < -0.3 is 9.47 Å². The SMILES string of the molecule is COC(=O)COC(=O)CC[C@@H]1N=C(c2ccccn2)c2cc(Br)c(Br)cc2-n2c(C)cnc21. The van der Waals surface area contributed by atoms with Gasteiger partial charge in [0.15, 0.2) is 6.61 Å². The molecule has 0 saturated heterocycles. The van der Waals surface area contributed by atoms with Crippen LogP contribution in [0.4, 0.5) is 0 Å². The maximum absolute atomic E-state index is 12.2. The summed E-state index contributed by atoms with van der Waals surface area (Å²) in [5.74, 6) is -0.391.